The SMILES string of the molecule is CNc1cccc(-c2ncc(-c3ccc[nH]3)[nH]2)c1. The Morgan fingerprint density at radius 3 is 2.83 bits per heavy atom. The van der Waals surface area contributed by atoms with E-state index in [0.29, 0.717) is 0 Å². The fourth-order valence-corrected chi connectivity index (χ4v) is 1.92. The average Bonchev–Trinajstić information content (AvgIpc) is 3.09. The standard InChI is InChI=1S/C14H14N4/c1-15-11-5-2-4-10(8-11)14-17-9-13(18-14)12-6-3-7-16-12/h2-9,15-16H,1H3,(H,17,18). The first-order valence-electron chi connectivity index (χ1n) is 5.84. The Morgan fingerprint density at radius 2 is 2.06 bits per heavy atom. The Hall–Kier alpha value is -2.49. The molecule has 0 aliphatic heterocycles. The van der Waals surface area contributed by atoms with Crippen molar-refractivity contribution in [3.63, 3.8) is 0 Å². The molecular formula is C14H14N4. The van der Waals surface area contributed by atoms with Crippen molar-refractivity contribution < 1.29 is 0 Å². The molecule has 0 aliphatic rings. The van der Waals surface area contributed by atoms with Crippen LogP contribution in [0, 0.1) is 0 Å². The molecule has 2 aromatic heterocycles. The van der Waals surface area contributed by atoms with Crippen molar-refractivity contribution in [3.8, 4) is 22.8 Å². The molecule has 3 rings (SSSR count). The van der Waals surface area contributed by atoms with Gasteiger partial charge in [-0.1, -0.05) is 12.1 Å². The van der Waals surface area contributed by atoms with E-state index in [4.69, 9.17) is 0 Å². The number of H-pyrrole nitrogens is 2. The Labute approximate surface area is 105 Å². The highest BCUT2D eigenvalue weighted by molar-refractivity contribution is 5.65. The third kappa shape index (κ3) is 1.88. The van der Waals surface area contributed by atoms with Crippen molar-refractivity contribution in [1.82, 2.24) is 15.0 Å². The molecule has 18 heavy (non-hydrogen) atoms. The summed E-state index contributed by atoms with van der Waals surface area (Å²) in [7, 11) is 1.91. The number of anilines is 1. The van der Waals surface area contributed by atoms with Crippen LogP contribution in [0.25, 0.3) is 22.8 Å². The third-order valence-electron chi connectivity index (χ3n) is 2.89. The van der Waals surface area contributed by atoms with Gasteiger partial charge in [-0.3, -0.25) is 0 Å². The lowest BCUT2D eigenvalue weighted by molar-refractivity contribution is 1.29. The number of hydrogen-bond acceptors (Lipinski definition) is 2. The van der Waals surface area contributed by atoms with Crippen molar-refractivity contribution in [2.45, 2.75) is 0 Å². The number of benzene rings is 1. The van der Waals surface area contributed by atoms with Gasteiger partial charge in [-0.2, -0.15) is 0 Å². The van der Waals surface area contributed by atoms with Crippen molar-refractivity contribution in [3.05, 3.63) is 48.8 Å². The number of nitrogens with one attached hydrogen (secondary N) is 3. The van der Waals surface area contributed by atoms with Crippen LogP contribution < -0.4 is 5.32 Å². The van der Waals surface area contributed by atoms with Crippen LogP contribution in [-0.4, -0.2) is 22.0 Å². The molecule has 3 N–H and O–H groups in total. The molecule has 4 nitrogen and oxygen atoms in total. The van der Waals surface area contributed by atoms with Gasteiger partial charge in [-0.15, -0.1) is 0 Å². The largest absolute Gasteiger partial charge is 0.388 e. The molecule has 0 saturated heterocycles. The fraction of sp³-hybridized carbons (Fsp3) is 0.0714. The minimum absolute atomic E-state index is 0.872. The van der Waals surface area contributed by atoms with Gasteiger partial charge in [0, 0.05) is 24.5 Å². The quantitative estimate of drug-likeness (QED) is 0.656. The smallest absolute Gasteiger partial charge is 0.137 e. The molecule has 2 heterocycles. The first kappa shape index (κ1) is 10.7. The van der Waals surface area contributed by atoms with Crippen LogP contribution in [0.2, 0.25) is 0 Å². The van der Waals surface area contributed by atoms with Gasteiger partial charge in [0.1, 0.15) is 5.82 Å². The van der Waals surface area contributed by atoms with Crippen molar-refractivity contribution >= 4 is 5.69 Å². The average molecular weight is 238 g/mol. The molecule has 90 valence electrons. The topological polar surface area (TPSA) is 56.5 Å². The molecule has 3 aromatic rings. The molecule has 1 aromatic carbocycles. The van der Waals surface area contributed by atoms with Gasteiger partial charge in [0.25, 0.3) is 0 Å². The van der Waals surface area contributed by atoms with Gasteiger partial charge < -0.3 is 15.3 Å². The lowest BCUT2D eigenvalue weighted by Crippen LogP contribution is -1.88. The van der Waals surface area contributed by atoms with Crippen molar-refractivity contribution in [2.24, 2.45) is 0 Å². The van der Waals surface area contributed by atoms with Crippen LogP contribution in [0.1, 0.15) is 0 Å². The second-order valence-electron chi connectivity index (χ2n) is 4.06. The molecule has 4 heteroatoms. The molecule has 0 radical (unpaired) electrons. The van der Waals surface area contributed by atoms with E-state index in [2.05, 4.69) is 26.3 Å². The zero-order chi connectivity index (χ0) is 12.4. The first-order chi connectivity index (χ1) is 8.86. The molecule has 0 unspecified atom stereocenters. The van der Waals surface area contributed by atoms with Crippen LogP contribution in [0.15, 0.2) is 48.8 Å². The summed E-state index contributed by atoms with van der Waals surface area (Å²) in [5, 5.41) is 3.12. The second-order valence-corrected chi connectivity index (χ2v) is 4.06. The van der Waals surface area contributed by atoms with E-state index in [9.17, 15) is 0 Å². The summed E-state index contributed by atoms with van der Waals surface area (Å²) in [4.78, 5) is 10.9. The highest BCUT2D eigenvalue weighted by atomic mass is 14.9. The van der Waals surface area contributed by atoms with Gasteiger partial charge in [0.2, 0.25) is 0 Å². The minimum atomic E-state index is 0.872. The highest BCUT2D eigenvalue weighted by Crippen LogP contribution is 2.22. The lowest BCUT2D eigenvalue weighted by Gasteiger charge is -2.02. The number of rotatable bonds is 3. The van der Waals surface area contributed by atoms with Crippen LogP contribution in [0.3, 0.4) is 0 Å². The van der Waals surface area contributed by atoms with E-state index in [1.807, 2.05) is 49.8 Å². The first-order valence-corrected chi connectivity index (χ1v) is 5.84. The summed E-state index contributed by atoms with van der Waals surface area (Å²) in [5.41, 5.74) is 4.17. The Bertz CT molecular complexity index is 637. The van der Waals surface area contributed by atoms with Gasteiger partial charge in [-0.05, 0) is 24.3 Å². The van der Waals surface area contributed by atoms with Crippen LogP contribution in [0.5, 0.6) is 0 Å². The molecular weight excluding hydrogens is 224 g/mol. The summed E-state index contributed by atoms with van der Waals surface area (Å²) in [6.07, 6.45) is 3.74. The predicted molar refractivity (Wildman–Crippen MR) is 73.4 cm³/mol. The second kappa shape index (κ2) is 4.41. The van der Waals surface area contributed by atoms with Gasteiger partial charge in [0.15, 0.2) is 0 Å². The van der Waals surface area contributed by atoms with E-state index in [1.165, 1.54) is 0 Å². The number of imidazole rings is 1. The van der Waals surface area contributed by atoms with E-state index < -0.39 is 0 Å². The number of aromatic amines is 2. The van der Waals surface area contributed by atoms with E-state index in [0.717, 1.165) is 28.5 Å². The van der Waals surface area contributed by atoms with Crippen LogP contribution >= 0.6 is 0 Å². The number of nitrogens with zero attached hydrogens (tertiary/aromatic N) is 1. The Morgan fingerprint density at radius 1 is 1.11 bits per heavy atom. The monoisotopic (exact) mass is 238 g/mol. The van der Waals surface area contributed by atoms with Crippen LogP contribution in [-0.2, 0) is 0 Å². The molecule has 0 saturated carbocycles. The Kier molecular flexibility index (Phi) is 2.61. The molecule has 0 amide bonds. The zero-order valence-electron chi connectivity index (χ0n) is 10.1. The maximum atomic E-state index is 4.41. The minimum Gasteiger partial charge on any atom is -0.388 e. The summed E-state index contributed by atoms with van der Waals surface area (Å²) in [6, 6.07) is 12.1. The lowest BCUT2D eigenvalue weighted by atomic mass is 10.2. The third-order valence-corrected chi connectivity index (χ3v) is 2.89. The van der Waals surface area contributed by atoms with Gasteiger partial charge >= 0.3 is 0 Å². The van der Waals surface area contributed by atoms with Gasteiger partial charge in [0.05, 0.1) is 17.6 Å². The van der Waals surface area contributed by atoms with Crippen LogP contribution in [0.4, 0.5) is 5.69 Å². The predicted octanol–water partition coefficient (Wildman–Crippen LogP) is 3.11. The highest BCUT2D eigenvalue weighted by Gasteiger charge is 2.06. The Balaban J connectivity index is 1.97. The molecule has 0 spiro atoms. The van der Waals surface area contributed by atoms with E-state index in [1.54, 1.807) is 0 Å². The number of aromatic nitrogens is 3. The summed E-state index contributed by atoms with van der Waals surface area (Å²) < 4.78 is 0. The molecule has 0 aliphatic carbocycles. The van der Waals surface area contributed by atoms with Crippen molar-refractivity contribution in [2.75, 3.05) is 12.4 Å². The molecule has 0 atom stereocenters. The maximum Gasteiger partial charge on any atom is 0.137 e. The van der Waals surface area contributed by atoms with Crippen molar-refractivity contribution in [1.29, 1.82) is 0 Å². The molecule has 0 bridgehead atoms. The summed E-state index contributed by atoms with van der Waals surface area (Å²) in [6.45, 7) is 0. The zero-order valence-corrected chi connectivity index (χ0v) is 10.1. The fourth-order valence-electron chi connectivity index (χ4n) is 1.92. The normalized spacial score (nSPS) is 10.5. The summed E-state index contributed by atoms with van der Waals surface area (Å²) in [5.74, 6) is 0.872. The summed E-state index contributed by atoms with van der Waals surface area (Å²) >= 11 is 0. The van der Waals surface area contributed by atoms with E-state index >= 15 is 0 Å². The van der Waals surface area contributed by atoms with Gasteiger partial charge in [-0.25, -0.2) is 4.98 Å². The maximum absolute atomic E-state index is 4.41. The molecule has 0 fully saturated rings. The number of hydrogen-bond donors (Lipinski definition) is 3. The van der Waals surface area contributed by atoms with E-state index in [-0.39, 0.29) is 0 Å².